The molecule has 3 rings (SSSR count). The number of hydrogen-bond donors (Lipinski definition) is 3. The van der Waals surface area contributed by atoms with Crippen LogP contribution in [0.4, 0.5) is 4.79 Å². The number of benzene rings is 1. The summed E-state index contributed by atoms with van der Waals surface area (Å²) in [5.74, 6) is -0.573. The van der Waals surface area contributed by atoms with Gasteiger partial charge in [-0.3, -0.25) is 14.3 Å². The normalized spacial score (nSPS) is 19.2. The van der Waals surface area contributed by atoms with Crippen molar-refractivity contribution in [3.63, 3.8) is 0 Å². The predicted octanol–water partition coefficient (Wildman–Crippen LogP) is 1.60. The smallest absolute Gasteiger partial charge is 0.407 e. The molecule has 1 fully saturated rings. The third-order valence-electron chi connectivity index (χ3n) is 5.01. The maximum absolute atomic E-state index is 12.9. The van der Waals surface area contributed by atoms with Crippen molar-refractivity contribution in [2.24, 2.45) is 0 Å². The molecule has 0 radical (unpaired) electrons. The maximum atomic E-state index is 12.9. The van der Waals surface area contributed by atoms with Gasteiger partial charge in [0.05, 0.1) is 5.52 Å². The largest absolute Gasteiger partial charge is 0.465 e. The molecule has 150 valence electrons. The molecule has 0 spiro atoms. The summed E-state index contributed by atoms with van der Waals surface area (Å²) in [6.07, 6.45) is -0.644. The molecule has 3 amide bonds. The third-order valence-corrected chi connectivity index (χ3v) is 5.01. The van der Waals surface area contributed by atoms with E-state index in [-0.39, 0.29) is 36.9 Å². The number of rotatable bonds is 5. The second-order valence-corrected chi connectivity index (χ2v) is 7.28. The molecule has 0 unspecified atom stereocenters. The summed E-state index contributed by atoms with van der Waals surface area (Å²) in [5, 5.41) is 20.0. The molecule has 0 saturated carbocycles. The zero-order valence-corrected chi connectivity index (χ0v) is 16.2. The number of fused-ring (bicyclic) bond motifs is 1. The molecule has 28 heavy (non-hydrogen) atoms. The van der Waals surface area contributed by atoms with Gasteiger partial charge in [0, 0.05) is 43.5 Å². The second kappa shape index (κ2) is 7.87. The van der Waals surface area contributed by atoms with Gasteiger partial charge in [-0.25, -0.2) is 4.79 Å². The number of nitrogens with one attached hydrogen (secondary N) is 2. The molecular weight excluding hydrogens is 362 g/mol. The molecule has 1 aromatic carbocycles. The Labute approximate surface area is 162 Å². The summed E-state index contributed by atoms with van der Waals surface area (Å²) in [6.45, 7) is 4.13. The number of likely N-dealkylation sites (tertiary alicyclic amines) is 1. The van der Waals surface area contributed by atoms with E-state index >= 15 is 0 Å². The molecule has 0 aliphatic carbocycles. The van der Waals surface area contributed by atoms with E-state index in [1.165, 1.54) is 11.9 Å². The number of aromatic nitrogens is 2. The standard InChI is InChI=1S/C19H25N5O4/c1-11(2)24-15-7-5-4-6-14(15)17(22-24)18(26)21-12-8-13(9-16(25)20-3)23(10-12)19(27)28/h4-7,11-13H,8-10H2,1-3H3,(H,20,25)(H,21,26)(H,27,28)/t12-,13-/m0/s1. The zero-order chi connectivity index (χ0) is 20.4. The van der Waals surface area contributed by atoms with Gasteiger partial charge in [0.25, 0.3) is 5.91 Å². The highest BCUT2D eigenvalue weighted by molar-refractivity contribution is 6.05. The van der Waals surface area contributed by atoms with E-state index in [1.54, 1.807) is 4.68 Å². The van der Waals surface area contributed by atoms with Crippen LogP contribution in [0.1, 0.15) is 43.2 Å². The summed E-state index contributed by atoms with van der Waals surface area (Å²) in [4.78, 5) is 37.3. The van der Waals surface area contributed by atoms with Crippen LogP contribution < -0.4 is 10.6 Å². The SMILES string of the molecule is CNC(=O)C[C@@H]1C[C@H](NC(=O)c2nn(C(C)C)c3ccccc23)CN1C(=O)O. The van der Waals surface area contributed by atoms with Gasteiger partial charge in [-0.15, -0.1) is 0 Å². The van der Waals surface area contributed by atoms with Gasteiger partial charge in [0.15, 0.2) is 5.69 Å². The number of nitrogens with zero attached hydrogens (tertiary/aromatic N) is 3. The first-order valence-electron chi connectivity index (χ1n) is 9.30. The fourth-order valence-corrected chi connectivity index (χ4v) is 3.67. The van der Waals surface area contributed by atoms with Gasteiger partial charge in [0.2, 0.25) is 5.91 Å². The van der Waals surface area contributed by atoms with Gasteiger partial charge in [-0.1, -0.05) is 18.2 Å². The Morgan fingerprint density at radius 2 is 2.00 bits per heavy atom. The average Bonchev–Trinajstić information content (AvgIpc) is 3.23. The number of carbonyl (C=O) groups is 3. The molecule has 3 N–H and O–H groups in total. The Morgan fingerprint density at radius 3 is 2.64 bits per heavy atom. The van der Waals surface area contributed by atoms with Crippen molar-refractivity contribution >= 4 is 28.8 Å². The number of amides is 3. The van der Waals surface area contributed by atoms with Crippen molar-refractivity contribution in [1.29, 1.82) is 0 Å². The average molecular weight is 387 g/mol. The highest BCUT2D eigenvalue weighted by Crippen LogP contribution is 2.24. The van der Waals surface area contributed by atoms with E-state index < -0.39 is 12.1 Å². The monoisotopic (exact) mass is 387 g/mol. The van der Waals surface area contributed by atoms with Gasteiger partial charge < -0.3 is 20.6 Å². The van der Waals surface area contributed by atoms with Gasteiger partial charge in [0.1, 0.15) is 0 Å². The predicted molar refractivity (Wildman–Crippen MR) is 103 cm³/mol. The summed E-state index contributed by atoms with van der Waals surface area (Å²) in [6, 6.07) is 6.77. The van der Waals surface area contributed by atoms with E-state index in [2.05, 4.69) is 15.7 Å². The van der Waals surface area contributed by atoms with Crippen LogP contribution in [0.3, 0.4) is 0 Å². The first kappa shape index (κ1) is 19.7. The molecule has 9 nitrogen and oxygen atoms in total. The number of hydrogen-bond acceptors (Lipinski definition) is 4. The van der Waals surface area contributed by atoms with E-state index in [1.807, 2.05) is 38.1 Å². The molecular formula is C19H25N5O4. The Hall–Kier alpha value is -3.10. The fourth-order valence-electron chi connectivity index (χ4n) is 3.67. The minimum atomic E-state index is -1.10. The summed E-state index contributed by atoms with van der Waals surface area (Å²) in [5.41, 5.74) is 1.19. The third kappa shape index (κ3) is 3.78. The molecule has 1 aromatic heterocycles. The highest BCUT2D eigenvalue weighted by Gasteiger charge is 2.37. The molecule has 0 bridgehead atoms. The summed E-state index contributed by atoms with van der Waals surface area (Å²) in [7, 11) is 1.51. The lowest BCUT2D eigenvalue weighted by Crippen LogP contribution is -2.39. The van der Waals surface area contributed by atoms with Crippen LogP contribution in [0, 0.1) is 0 Å². The van der Waals surface area contributed by atoms with E-state index in [9.17, 15) is 19.5 Å². The van der Waals surface area contributed by atoms with Crippen molar-refractivity contribution in [1.82, 2.24) is 25.3 Å². The van der Waals surface area contributed by atoms with Crippen LogP contribution >= 0.6 is 0 Å². The highest BCUT2D eigenvalue weighted by atomic mass is 16.4. The Bertz CT molecular complexity index is 907. The summed E-state index contributed by atoms with van der Waals surface area (Å²) >= 11 is 0. The van der Waals surface area contributed by atoms with Crippen molar-refractivity contribution in [3.05, 3.63) is 30.0 Å². The quantitative estimate of drug-likeness (QED) is 0.721. The molecule has 1 aliphatic heterocycles. The first-order chi connectivity index (χ1) is 13.3. The van der Waals surface area contributed by atoms with Crippen LogP contribution in [-0.2, 0) is 4.79 Å². The minimum absolute atomic E-state index is 0.0695. The molecule has 2 heterocycles. The molecule has 2 aromatic rings. The molecule has 1 saturated heterocycles. The van der Waals surface area contributed by atoms with Crippen molar-refractivity contribution in [3.8, 4) is 0 Å². The molecule has 9 heteroatoms. The maximum Gasteiger partial charge on any atom is 0.407 e. The molecule has 2 atom stereocenters. The van der Waals surface area contributed by atoms with Crippen LogP contribution in [0.2, 0.25) is 0 Å². The van der Waals surface area contributed by atoms with Crippen molar-refractivity contribution in [2.75, 3.05) is 13.6 Å². The van der Waals surface area contributed by atoms with Crippen molar-refractivity contribution in [2.45, 2.75) is 44.8 Å². The van der Waals surface area contributed by atoms with Crippen LogP contribution in [0.15, 0.2) is 24.3 Å². The summed E-state index contributed by atoms with van der Waals surface area (Å²) < 4.78 is 1.80. The Morgan fingerprint density at radius 1 is 1.29 bits per heavy atom. The Kier molecular flexibility index (Phi) is 5.53. The lowest BCUT2D eigenvalue weighted by Gasteiger charge is -2.20. The zero-order valence-electron chi connectivity index (χ0n) is 16.2. The lowest BCUT2D eigenvalue weighted by molar-refractivity contribution is -0.121. The van der Waals surface area contributed by atoms with E-state index in [4.69, 9.17) is 0 Å². The topological polar surface area (TPSA) is 117 Å². The van der Waals surface area contributed by atoms with Gasteiger partial charge >= 0.3 is 6.09 Å². The number of carboxylic acid groups (broad SMARTS) is 1. The Balaban J connectivity index is 1.79. The fraction of sp³-hybridized carbons (Fsp3) is 0.474. The van der Waals surface area contributed by atoms with E-state index in [0.717, 1.165) is 10.9 Å². The van der Waals surface area contributed by atoms with Gasteiger partial charge in [-0.2, -0.15) is 5.10 Å². The van der Waals surface area contributed by atoms with Crippen molar-refractivity contribution < 1.29 is 19.5 Å². The first-order valence-corrected chi connectivity index (χ1v) is 9.30. The lowest BCUT2D eigenvalue weighted by atomic mass is 10.1. The molecule has 1 aliphatic rings. The second-order valence-electron chi connectivity index (χ2n) is 7.28. The van der Waals surface area contributed by atoms with Gasteiger partial charge in [-0.05, 0) is 26.3 Å². The van der Waals surface area contributed by atoms with Crippen LogP contribution in [0.5, 0.6) is 0 Å². The number of para-hydroxylation sites is 1. The van der Waals surface area contributed by atoms with Crippen LogP contribution in [0.25, 0.3) is 10.9 Å². The van der Waals surface area contributed by atoms with Crippen LogP contribution in [-0.4, -0.2) is 63.4 Å². The number of carbonyl (C=O) groups excluding carboxylic acids is 2. The minimum Gasteiger partial charge on any atom is -0.465 e. The van der Waals surface area contributed by atoms with E-state index in [0.29, 0.717) is 12.1 Å².